The Balaban J connectivity index is 1.72. The lowest BCUT2D eigenvalue weighted by Gasteiger charge is -2.30. The smallest absolute Gasteiger partial charge is 0.325 e. The molecule has 2 aliphatic carbocycles. The second-order valence-electron chi connectivity index (χ2n) is 5.51. The molecule has 1 atom stereocenters. The Morgan fingerprint density at radius 2 is 2.32 bits per heavy atom. The van der Waals surface area contributed by atoms with E-state index in [1.54, 1.807) is 6.26 Å². The van der Waals surface area contributed by atoms with Crippen LogP contribution in [-0.2, 0) is 4.79 Å². The van der Waals surface area contributed by atoms with E-state index in [0.29, 0.717) is 17.0 Å². The number of oxazole rings is 1. The van der Waals surface area contributed by atoms with E-state index < -0.39 is 11.5 Å². The molecule has 0 aromatic carbocycles. The summed E-state index contributed by atoms with van der Waals surface area (Å²) in [4.78, 5) is 16.0. The van der Waals surface area contributed by atoms with Crippen LogP contribution in [-0.4, -0.2) is 33.4 Å². The Kier molecular flexibility index (Phi) is 3.30. The zero-order chi connectivity index (χ0) is 13.5. The topological polar surface area (TPSA) is 75.4 Å². The monoisotopic (exact) mass is 282 g/mol. The van der Waals surface area contributed by atoms with Crippen molar-refractivity contribution in [2.75, 3.05) is 5.75 Å². The van der Waals surface area contributed by atoms with Crippen molar-refractivity contribution in [3.63, 3.8) is 0 Å². The Morgan fingerprint density at radius 3 is 2.79 bits per heavy atom. The Labute approximate surface area is 116 Å². The van der Waals surface area contributed by atoms with Gasteiger partial charge in [-0.25, -0.2) is 4.98 Å². The minimum absolute atomic E-state index is 0.245. The Bertz CT molecular complexity index is 482. The standard InChI is InChI=1S/C13H18N2O3S/c1-8-6-18-12(14-8)19-7-13(11(16)17,9-2-3-9)15-10-4-5-10/h6,9-10,15H,2-5,7H2,1H3,(H,16,17). The van der Waals surface area contributed by atoms with Crippen molar-refractivity contribution in [3.8, 4) is 0 Å². The molecule has 6 heteroatoms. The van der Waals surface area contributed by atoms with Gasteiger partial charge >= 0.3 is 5.97 Å². The van der Waals surface area contributed by atoms with Gasteiger partial charge in [0.15, 0.2) is 0 Å². The molecule has 1 unspecified atom stereocenters. The number of nitrogens with zero attached hydrogens (tertiary/aromatic N) is 1. The zero-order valence-electron chi connectivity index (χ0n) is 10.9. The summed E-state index contributed by atoms with van der Waals surface area (Å²) in [6.45, 7) is 1.86. The molecule has 19 heavy (non-hydrogen) atoms. The largest absolute Gasteiger partial charge is 0.480 e. The van der Waals surface area contributed by atoms with Crippen LogP contribution in [0.3, 0.4) is 0 Å². The van der Waals surface area contributed by atoms with E-state index in [2.05, 4.69) is 10.3 Å². The van der Waals surface area contributed by atoms with Crippen LogP contribution < -0.4 is 5.32 Å². The highest BCUT2D eigenvalue weighted by Gasteiger charge is 2.53. The van der Waals surface area contributed by atoms with Gasteiger partial charge in [0.1, 0.15) is 11.8 Å². The van der Waals surface area contributed by atoms with Gasteiger partial charge in [0, 0.05) is 11.8 Å². The third-order valence-corrected chi connectivity index (χ3v) is 4.75. The third-order valence-electron chi connectivity index (χ3n) is 3.72. The summed E-state index contributed by atoms with van der Waals surface area (Å²) < 4.78 is 5.29. The maximum Gasteiger partial charge on any atom is 0.325 e. The van der Waals surface area contributed by atoms with Crippen LogP contribution in [0.2, 0.25) is 0 Å². The number of nitrogens with one attached hydrogen (secondary N) is 1. The zero-order valence-corrected chi connectivity index (χ0v) is 11.7. The predicted octanol–water partition coefficient (Wildman–Crippen LogP) is 2.06. The van der Waals surface area contributed by atoms with Crippen LogP contribution in [0.25, 0.3) is 0 Å². The molecule has 1 aromatic heterocycles. The van der Waals surface area contributed by atoms with E-state index >= 15 is 0 Å². The van der Waals surface area contributed by atoms with Crippen LogP contribution in [0, 0.1) is 12.8 Å². The predicted molar refractivity (Wildman–Crippen MR) is 71.2 cm³/mol. The first-order chi connectivity index (χ1) is 9.10. The number of carbonyl (C=O) groups is 1. The van der Waals surface area contributed by atoms with Gasteiger partial charge in [0.2, 0.25) is 0 Å². The van der Waals surface area contributed by atoms with Gasteiger partial charge in [0.25, 0.3) is 5.22 Å². The fourth-order valence-corrected chi connectivity index (χ4v) is 3.44. The molecule has 3 rings (SSSR count). The van der Waals surface area contributed by atoms with Crippen molar-refractivity contribution < 1.29 is 14.3 Å². The van der Waals surface area contributed by atoms with E-state index in [9.17, 15) is 9.90 Å². The summed E-state index contributed by atoms with van der Waals surface area (Å²) in [5, 5.41) is 13.6. The molecule has 2 saturated carbocycles. The van der Waals surface area contributed by atoms with Crippen molar-refractivity contribution in [1.29, 1.82) is 0 Å². The average Bonchev–Trinajstić information content (AvgIpc) is 3.25. The molecule has 0 saturated heterocycles. The van der Waals surface area contributed by atoms with Gasteiger partial charge < -0.3 is 9.52 Å². The summed E-state index contributed by atoms with van der Waals surface area (Å²) in [6, 6.07) is 0.378. The van der Waals surface area contributed by atoms with E-state index in [-0.39, 0.29) is 5.92 Å². The van der Waals surface area contributed by atoms with Crippen molar-refractivity contribution in [1.82, 2.24) is 10.3 Å². The molecule has 2 aliphatic rings. The van der Waals surface area contributed by atoms with Crippen LogP contribution in [0.1, 0.15) is 31.4 Å². The first-order valence-corrected chi connectivity index (χ1v) is 7.65. The van der Waals surface area contributed by atoms with Crippen LogP contribution in [0.4, 0.5) is 0 Å². The second kappa shape index (κ2) is 4.83. The molecule has 1 aromatic rings. The van der Waals surface area contributed by atoms with Gasteiger partial charge in [-0.3, -0.25) is 10.1 Å². The number of rotatable bonds is 7. The van der Waals surface area contributed by atoms with Gasteiger partial charge in [-0.2, -0.15) is 0 Å². The normalized spacial score (nSPS) is 22.2. The highest BCUT2D eigenvalue weighted by molar-refractivity contribution is 7.99. The highest BCUT2D eigenvalue weighted by Crippen LogP contribution is 2.44. The molecule has 0 amide bonds. The number of carboxylic acids is 1. The number of carboxylic acid groups (broad SMARTS) is 1. The number of aromatic nitrogens is 1. The molecule has 2 N–H and O–H groups in total. The lowest BCUT2D eigenvalue weighted by molar-refractivity contribution is -0.145. The summed E-state index contributed by atoms with van der Waals surface area (Å²) in [5.41, 5.74) is 0.0128. The maximum absolute atomic E-state index is 11.8. The van der Waals surface area contributed by atoms with Gasteiger partial charge in [-0.05, 0) is 38.5 Å². The number of aryl methyl sites for hydroxylation is 1. The number of thioether (sulfide) groups is 1. The second-order valence-corrected chi connectivity index (χ2v) is 6.44. The molecule has 5 nitrogen and oxygen atoms in total. The Hall–Kier alpha value is -1.01. The van der Waals surface area contributed by atoms with E-state index in [0.717, 1.165) is 31.4 Å². The molecule has 0 bridgehead atoms. The number of aliphatic carboxylic acids is 1. The maximum atomic E-state index is 11.8. The van der Waals surface area contributed by atoms with Crippen molar-refractivity contribution in [2.45, 2.75) is 49.4 Å². The number of hydrogen-bond acceptors (Lipinski definition) is 5. The minimum Gasteiger partial charge on any atom is -0.480 e. The molecule has 104 valence electrons. The lowest BCUT2D eigenvalue weighted by atomic mass is 9.95. The highest BCUT2D eigenvalue weighted by atomic mass is 32.2. The van der Waals surface area contributed by atoms with E-state index in [1.807, 2.05) is 6.92 Å². The first kappa shape index (κ1) is 13.0. The molecular weight excluding hydrogens is 264 g/mol. The first-order valence-electron chi connectivity index (χ1n) is 6.66. The summed E-state index contributed by atoms with van der Waals surface area (Å²) in [7, 11) is 0. The van der Waals surface area contributed by atoms with Crippen molar-refractivity contribution >= 4 is 17.7 Å². The fraction of sp³-hybridized carbons (Fsp3) is 0.692. The molecule has 1 heterocycles. The molecule has 0 aliphatic heterocycles. The van der Waals surface area contributed by atoms with Crippen LogP contribution >= 0.6 is 11.8 Å². The quantitative estimate of drug-likeness (QED) is 0.746. The summed E-state index contributed by atoms with van der Waals surface area (Å²) in [5.74, 6) is -0.0180. The summed E-state index contributed by atoms with van der Waals surface area (Å²) >= 11 is 1.39. The third kappa shape index (κ3) is 2.79. The number of hydrogen-bond donors (Lipinski definition) is 2. The van der Waals surface area contributed by atoms with Gasteiger partial charge in [-0.1, -0.05) is 11.8 Å². The van der Waals surface area contributed by atoms with Gasteiger partial charge in [0.05, 0.1) is 5.69 Å². The van der Waals surface area contributed by atoms with E-state index in [4.69, 9.17) is 4.42 Å². The van der Waals surface area contributed by atoms with Crippen LogP contribution in [0.5, 0.6) is 0 Å². The average molecular weight is 282 g/mol. The minimum atomic E-state index is -0.811. The molecule has 0 spiro atoms. The van der Waals surface area contributed by atoms with Crippen LogP contribution in [0.15, 0.2) is 15.9 Å². The lowest BCUT2D eigenvalue weighted by Crippen LogP contribution is -2.57. The Morgan fingerprint density at radius 1 is 1.58 bits per heavy atom. The SMILES string of the molecule is Cc1coc(SCC(NC2CC2)(C(=O)O)C2CC2)n1. The molecule has 0 radical (unpaired) electrons. The van der Waals surface area contributed by atoms with Crippen molar-refractivity contribution in [2.24, 2.45) is 5.92 Å². The summed E-state index contributed by atoms with van der Waals surface area (Å²) in [6.07, 6.45) is 5.76. The molecular formula is C13H18N2O3S. The fourth-order valence-electron chi connectivity index (χ4n) is 2.32. The van der Waals surface area contributed by atoms with Crippen molar-refractivity contribution in [3.05, 3.63) is 12.0 Å². The molecule has 2 fully saturated rings. The van der Waals surface area contributed by atoms with Gasteiger partial charge in [-0.15, -0.1) is 0 Å². The van der Waals surface area contributed by atoms with E-state index in [1.165, 1.54) is 11.8 Å².